The van der Waals surface area contributed by atoms with Gasteiger partial charge in [0.1, 0.15) is 11.3 Å². The smallest absolute Gasteiger partial charge is 0.400 e. The van der Waals surface area contributed by atoms with Gasteiger partial charge in [-0.05, 0) is 59.5 Å². The van der Waals surface area contributed by atoms with Crippen LogP contribution in [-0.2, 0) is 24.4 Å². The average Bonchev–Trinajstić information content (AvgIpc) is 3.24. The summed E-state index contributed by atoms with van der Waals surface area (Å²) in [5, 5.41) is -4.99. The van der Waals surface area contributed by atoms with Crippen molar-refractivity contribution >= 4 is 44.6 Å². The summed E-state index contributed by atoms with van der Waals surface area (Å²) in [6.45, 7) is -0.776. The highest BCUT2D eigenvalue weighted by Gasteiger charge is 2.63. The van der Waals surface area contributed by atoms with Gasteiger partial charge < -0.3 is 14.2 Å². The van der Waals surface area contributed by atoms with Crippen LogP contribution in [-0.4, -0.2) is 48.7 Å². The number of benzene rings is 1. The number of alkyl halides is 3. The maximum absolute atomic E-state index is 13.5. The van der Waals surface area contributed by atoms with Crippen molar-refractivity contribution in [1.82, 2.24) is 0 Å². The van der Waals surface area contributed by atoms with E-state index in [0.29, 0.717) is 17.7 Å². The van der Waals surface area contributed by atoms with Crippen molar-refractivity contribution in [2.45, 2.75) is 42.9 Å². The second-order valence-corrected chi connectivity index (χ2v) is 10.9. The number of esters is 2. The summed E-state index contributed by atoms with van der Waals surface area (Å²) < 4.78 is 87.0. The molecule has 1 spiro atoms. The maximum Gasteiger partial charge on any atom is 0.400 e. The van der Waals surface area contributed by atoms with E-state index in [1.165, 1.54) is 0 Å². The van der Waals surface area contributed by atoms with Crippen LogP contribution in [0.1, 0.15) is 36.0 Å². The van der Waals surface area contributed by atoms with Crippen LogP contribution in [0, 0.1) is 21.3 Å². The van der Waals surface area contributed by atoms with Gasteiger partial charge in [0.15, 0.2) is 6.17 Å². The average molecular weight is 590 g/mol. The second kappa shape index (κ2) is 8.01. The number of carbonyl (C=O) groups excluding carboxylic acids is 2. The van der Waals surface area contributed by atoms with Gasteiger partial charge in [-0.2, -0.15) is 17.2 Å². The highest BCUT2D eigenvalue weighted by molar-refractivity contribution is 14.1. The first-order valence-corrected chi connectivity index (χ1v) is 12.2. The number of hydrogen-bond donors (Lipinski definition) is 1. The first-order valence-electron chi connectivity index (χ1n) is 9.71. The van der Waals surface area contributed by atoms with Crippen molar-refractivity contribution < 1.29 is 49.9 Å². The maximum atomic E-state index is 13.5. The fraction of sp³-hybridized carbons (Fsp3) is 0.579. The van der Waals surface area contributed by atoms with Crippen LogP contribution >= 0.6 is 22.6 Å². The molecule has 0 radical (unpaired) electrons. The molecule has 2 fully saturated rings. The van der Waals surface area contributed by atoms with Crippen LogP contribution in [0.3, 0.4) is 0 Å². The molecule has 8 nitrogen and oxygen atoms in total. The number of carbonyl (C=O) groups is 2. The van der Waals surface area contributed by atoms with E-state index < -0.39 is 58.2 Å². The van der Waals surface area contributed by atoms with Crippen molar-refractivity contribution in [3.8, 4) is 5.75 Å². The van der Waals surface area contributed by atoms with Gasteiger partial charge >= 0.3 is 27.3 Å². The lowest BCUT2D eigenvalue weighted by atomic mass is 9.84. The summed E-state index contributed by atoms with van der Waals surface area (Å²) in [4.78, 5) is 24.8. The van der Waals surface area contributed by atoms with E-state index in [1.807, 2.05) is 0 Å². The van der Waals surface area contributed by atoms with Gasteiger partial charge in [0, 0.05) is 22.3 Å². The van der Waals surface area contributed by atoms with E-state index in [1.54, 1.807) is 18.2 Å². The molecule has 1 aromatic rings. The van der Waals surface area contributed by atoms with Gasteiger partial charge in [0.05, 0.1) is 12.5 Å². The van der Waals surface area contributed by atoms with Gasteiger partial charge in [-0.3, -0.25) is 9.35 Å². The Balaban J connectivity index is 1.35. The van der Waals surface area contributed by atoms with Crippen LogP contribution in [0.15, 0.2) is 18.2 Å². The van der Waals surface area contributed by atoms with E-state index in [-0.39, 0.29) is 24.7 Å². The van der Waals surface area contributed by atoms with Crippen molar-refractivity contribution in [2.24, 2.45) is 17.8 Å². The van der Waals surface area contributed by atoms with Crippen molar-refractivity contribution in [3.63, 3.8) is 0 Å². The Morgan fingerprint density at radius 2 is 2.06 bits per heavy atom. The Morgan fingerprint density at radius 1 is 1.34 bits per heavy atom. The number of halogens is 4. The third-order valence-corrected chi connectivity index (χ3v) is 7.82. The van der Waals surface area contributed by atoms with Crippen LogP contribution in [0.2, 0.25) is 0 Å². The minimum absolute atomic E-state index is 0.245. The van der Waals surface area contributed by atoms with E-state index >= 15 is 0 Å². The predicted molar refractivity (Wildman–Crippen MR) is 109 cm³/mol. The van der Waals surface area contributed by atoms with Gasteiger partial charge in [0.25, 0.3) is 5.79 Å². The minimum Gasteiger partial charge on any atom is -0.465 e. The van der Waals surface area contributed by atoms with Crippen LogP contribution < -0.4 is 4.74 Å². The number of ether oxygens (including phenoxy) is 3. The minimum atomic E-state index is -5.92. The van der Waals surface area contributed by atoms with Crippen LogP contribution in [0.25, 0.3) is 0 Å². The molecule has 2 saturated carbocycles. The zero-order valence-electron chi connectivity index (χ0n) is 16.3. The van der Waals surface area contributed by atoms with E-state index in [4.69, 9.17) is 18.8 Å². The molecule has 5 atom stereocenters. The Morgan fingerprint density at radius 3 is 2.69 bits per heavy atom. The third kappa shape index (κ3) is 3.95. The zero-order valence-corrected chi connectivity index (χ0v) is 19.3. The molecule has 1 N–H and O–H groups in total. The quantitative estimate of drug-likeness (QED) is 0.305. The number of hydrogen-bond acceptors (Lipinski definition) is 7. The summed E-state index contributed by atoms with van der Waals surface area (Å²) in [7, 11) is -5.92. The Labute approximate surface area is 194 Å². The molecule has 0 aromatic heterocycles. The lowest BCUT2D eigenvalue weighted by Crippen LogP contribution is -2.50. The zero-order chi connectivity index (χ0) is 23.5. The summed E-state index contributed by atoms with van der Waals surface area (Å²) in [6.07, 6.45) is -3.28. The summed E-state index contributed by atoms with van der Waals surface area (Å²) in [6, 6.07) is 5.09. The lowest BCUT2D eigenvalue weighted by molar-refractivity contribution is -0.193. The largest absolute Gasteiger partial charge is 0.465 e. The third-order valence-electron chi connectivity index (χ3n) is 6.20. The summed E-state index contributed by atoms with van der Waals surface area (Å²) in [5.74, 6) is -3.14. The molecule has 1 aromatic carbocycles. The van der Waals surface area contributed by atoms with E-state index in [2.05, 4.69) is 22.6 Å². The topological polar surface area (TPSA) is 116 Å². The molecule has 13 heteroatoms. The van der Waals surface area contributed by atoms with Crippen molar-refractivity contribution in [3.05, 3.63) is 27.3 Å². The lowest BCUT2D eigenvalue weighted by Gasteiger charge is -2.41. The normalized spacial score (nSPS) is 29.9. The predicted octanol–water partition coefficient (Wildman–Crippen LogP) is 3.33. The molecule has 32 heavy (non-hydrogen) atoms. The molecule has 1 aliphatic heterocycles. The highest BCUT2D eigenvalue weighted by atomic mass is 127. The first kappa shape index (κ1) is 23.5. The fourth-order valence-corrected chi connectivity index (χ4v) is 5.55. The van der Waals surface area contributed by atoms with E-state index in [0.717, 1.165) is 3.57 Å². The molecular weight excluding hydrogens is 572 g/mol. The molecular formula is C19H18F3IO8S. The molecule has 4 rings (SSSR count). The van der Waals surface area contributed by atoms with Gasteiger partial charge in [0.2, 0.25) is 0 Å². The van der Waals surface area contributed by atoms with E-state index in [9.17, 15) is 31.2 Å². The van der Waals surface area contributed by atoms with Gasteiger partial charge in [-0.25, -0.2) is 9.18 Å². The van der Waals surface area contributed by atoms with Crippen LogP contribution in [0.4, 0.5) is 13.2 Å². The molecule has 2 bridgehead atoms. The summed E-state index contributed by atoms with van der Waals surface area (Å²) in [5.41, 5.74) is 0.317. The molecule has 2 aliphatic carbocycles. The Hall–Kier alpha value is -1.61. The number of rotatable bonds is 6. The highest BCUT2D eigenvalue weighted by Crippen LogP contribution is 2.57. The van der Waals surface area contributed by atoms with Crippen molar-refractivity contribution in [1.29, 1.82) is 0 Å². The number of fused-ring (bicyclic) bond motifs is 4. The van der Waals surface area contributed by atoms with Gasteiger partial charge in [-0.15, -0.1) is 0 Å². The van der Waals surface area contributed by atoms with Gasteiger partial charge in [-0.1, -0.05) is 0 Å². The Kier molecular flexibility index (Phi) is 5.89. The second-order valence-electron chi connectivity index (χ2n) is 8.14. The monoisotopic (exact) mass is 590 g/mol. The molecule has 3 aliphatic rings. The SMILES string of the molecule is O=C1OC2(CC3CC2CC3C(=O)OCCC(F)C(F)(F)S(=O)(=O)O)Oc2cc(I)ccc21. The standard InChI is InChI=1S/C19H18F3IO8S/c20-15(19(21,22)32(26,27)28)3-4-29-16(24)13-6-10-5-9(13)8-18(10)30-14-7-11(23)1-2-12(14)17(25)31-18/h1-2,7,9-10,13,15H,3-6,8H2,(H,26,27,28). The molecule has 0 saturated heterocycles. The molecule has 176 valence electrons. The molecule has 5 unspecified atom stereocenters. The Bertz CT molecular complexity index is 1060. The fourth-order valence-electron chi connectivity index (χ4n) is 4.65. The molecule has 0 amide bonds. The molecule has 1 heterocycles. The first-order chi connectivity index (χ1) is 14.8. The summed E-state index contributed by atoms with van der Waals surface area (Å²) >= 11 is 2.09. The van der Waals surface area contributed by atoms with Crippen LogP contribution in [0.5, 0.6) is 5.75 Å². The van der Waals surface area contributed by atoms with Crippen molar-refractivity contribution in [2.75, 3.05) is 6.61 Å².